The van der Waals surface area contributed by atoms with E-state index in [0.29, 0.717) is 24.1 Å². The molecule has 0 spiro atoms. The summed E-state index contributed by atoms with van der Waals surface area (Å²) in [5, 5.41) is 0. The average Bonchev–Trinajstić information content (AvgIpc) is 2.62. The third-order valence-corrected chi connectivity index (χ3v) is 4.98. The van der Waals surface area contributed by atoms with E-state index in [-0.39, 0.29) is 5.75 Å². The first kappa shape index (κ1) is 19.0. The molecule has 0 radical (unpaired) electrons. The van der Waals surface area contributed by atoms with E-state index in [4.69, 9.17) is 4.74 Å². The number of hydrogen-bond donors (Lipinski definition) is 1. The summed E-state index contributed by atoms with van der Waals surface area (Å²) < 4.78 is 36.6. The minimum atomic E-state index is -3.45. The highest BCUT2D eigenvalue weighted by molar-refractivity contribution is 7.88. The first-order valence-electron chi connectivity index (χ1n) is 7.71. The van der Waals surface area contributed by atoms with Crippen LogP contribution in [0, 0.1) is 0 Å². The first-order valence-corrected chi connectivity index (χ1v) is 9.36. The Labute approximate surface area is 147 Å². The molecule has 0 aromatic heterocycles. The number of nitrogens with one attached hydrogen (secondary N) is 1. The van der Waals surface area contributed by atoms with Crippen molar-refractivity contribution < 1.29 is 22.7 Å². The normalized spacial score (nSPS) is 11.1. The fourth-order valence-electron chi connectivity index (χ4n) is 2.27. The smallest absolute Gasteiger partial charge is 0.337 e. The zero-order valence-electron chi connectivity index (χ0n) is 14.2. The molecule has 2 rings (SSSR count). The molecular weight excluding hydrogens is 342 g/mol. The van der Waals surface area contributed by atoms with Gasteiger partial charge in [0, 0.05) is 6.54 Å². The number of benzene rings is 2. The Morgan fingerprint density at radius 2 is 1.56 bits per heavy atom. The van der Waals surface area contributed by atoms with Crippen LogP contribution in [0.25, 0.3) is 0 Å². The molecule has 0 atom stereocenters. The van der Waals surface area contributed by atoms with Crippen LogP contribution >= 0.6 is 0 Å². The lowest BCUT2D eigenvalue weighted by Gasteiger charge is -2.08. The number of sulfonamides is 1. The van der Waals surface area contributed by atoms with Crippen molar-refractivity contribution in [2.24, 2.45) is 0 Å². The molecule has 0 amide bonds. The van der Waals surface area contributed by atoms with Gasteiger partial charge >= 0.3 is 5.97 Å². The van der Waals surface area contributed by atoms with Crippen LogP contribution in [0.5, 0.6) is 5.75 Å². The van der Waals surface area contributed by atoms with Crippen LogP contribution in [0.15, 0.2) is 48.5 Å². The van der Waals surface area contributed by atoms with Crippen LogP contribution in [0.2, 0.25) is 0 Å². The van der Waals surface area contributed by atoms with Gasteiger partial charge in [-0.05, 0) is 41.8 Å². The van der Waals surface area contributed by atoms with Crippen LogP contribution < -0.4 is 9.46 Å². The van der Waals surface area contributed by atoms with E-state index in [9.17, 15) is 13.2 Å². The molecule has 7 heteroatoms. The number of carbonyl (C=O) groups excluding carboxylic acids is 1. The highest BCUT2D eigenvalue weighted by atomic mass is 32.2. The Kier molecular flexibility index (Phi) is 6.55. The molecule has 0 unspecified atom stereocenters. The molecule has 2 aromatic rings. The molecular formula is C18H21NO5S. The Morgan fingerprint density at radius 1 is 0.960 bits per heavy atom. The predicted octanol–water partition coefficient (Wildman–Crippen LogP) is 2.14. The van der Waals surface area contributed by atoms with Gasteiger partial charge in [-0.25, -0.2) is 17.9 Å². The maximum absolute atomic E-state index is 12.1. The second kappa shape index (κ2) is 8.64. The van der Waals surface area contributed by atoms with Gasteiger partial charge in [-0.1, -0.05) is 24.3 Å². The van der Waals surface area contributed by atoms with Crippen LogP contribution in [-0.2, 0) is 26.9 Å². The Hall–Kier alpha value is -2.38. The minimum absolute atomic E-state index is 0.142. The number of carbonyl (C=O) groups is 1. The molecule has 6 nitrogen and oxygen atoms in total. The van der Waals surface area contributed by atoms with Gasteiger partial charge in [-0.15, -0.1) is 0 Å². The second-order valence-corrected chi connectivity index (χ2v) is 7.25. The van der Waals surface area contributed by atoms with Gasteiger partial charge in [-0.2, -0.15) is 0 Å². The van der Waals surface area contributed by atoms with Gasteiger partial charge in [-0.3, -0.25) is 0 Å². The lowest BCUT2D eigenvalue weighted by molar-refractivity contribution is 0.0600. The second-order valence-electron chi connectivity index (χ2n) is 5.44. The SMILES string of the molecule is COC(=O)c1ccc(CS(=O)(=O)NCCc2ccc(OC)cc2)cc1. The standard InChI is InChI=1S/C18H21NO5S/c1-23-17-9-5-14(6-10-17)11-12-19-25(21,22)13-15-3-7-16(8-4-15)18(20)24-2/h3-10,19H,11-13H2,1-2H3. The van der Waals surface area contributed by atoms with Crippen molar-refractivity contribution in [1.29, 1.82) is 0 Å². The molecule has 2 aromatic carbocycles. The lowest BCUT2D eigenvalue weighted by atomic mass is 10.1. The van der Waals surface area contributed by atoms with Crippen LogP contribution in [0.1, 0.15) is 21.5 Å². The lowest BCUT2D eigenvalue weighted by Crippen LogP contribution is -2.27. The number of hydrogen-bond acceptors (Lipinski definition) is 5. The van der Waals surface area contributed by atoms with Crippen molar-refractivity contribution in [3.8, 4) is 5.75 Å². The summed E-state index contributed by atoms with van der Waals surface area (Å²) in [6, 6.07) is 13.8. The minimum Gasteiger partial charge on any atom is -0.497 e. The maximum atomic E-state index is 12.1. The van der Waals surface area contributed by atoms with Gasteiger partial charge in [0.15, 0.2) is 0 Å². The highest BCUT2D eigenvalue weighted by Gasteiger charge is 2.12. The van der Waals surface area contributed by atoms with Crippen LogP contribution in [0.3, 0.4) is 0 Å². The molecule has 1 N–H and O–H groups in total. The largest absolute Gasteiger partial charge is 0.497 e. The molecule has 0 fully saturated rings. The Balaban J connectivity index is 1.87. The van der Waals surface area contributed by atoms with Crippen molar-refractivity contribution in [3.63, 3.8) is 0 Å². The zero-order chi connectivity index (χ0) is 18.3. The van der Waals surface area contributed by atoms with Crippen molar-refractivity contribution in [1.82, 2.24) is 4.72 Å². The zero-order valence-corrected chi connectivity index (χ0v) is 15.0. The van der Waals surface area contributed by atoms with Crippen molar-refractivity contribution in [3.05, 3.63) is 65.2 Å². The molecule has 0 saturated carbocycles. The van der Waals surface area contributed by atoms with Crippen LogP contribution in [-0.4, -0.2) is 35.2 Å². The third kappa shape index (κ3) is 5.88. The summed E-state index contributed by atoms with van der Waals surface area (Å²) in [7, 11) is -0.550. The molecule has 0 bridgehead atoms. The molecule has 134 valence electrons. The summed E-state index contributed by atoms with van der Waals surface area (Å²) in [4.78, 5) is 11.4. The van der Waals surface area contributed by atoms with Crippen molar-refractivity contribution >= 4 is 16.0 Å². The quantitative estimate of drug-likeness (QED) is 0.727. The molecule has 0 aliphatic rings. The summed E-state index contributed by atoms with van der Waals surface area (Å²) >= 11 is 0. The number of esters is 1. The van der Waals surface area contributed by atoms with Crippen molar-refractivity contribution in [2.45, 2.75) is 12.2 Å². The third-order valence-electron chi connectivity index (χ3n) is 3.63. The van der Waals surface area contributed by atoms with Gasteiger partial charge in [0.2, 0.25) is 10.0 Å². The molecule has 0 aliphatic heterocycles. The number of ether oxygens (including phenoxy) is 2. The van der Waals surface area contributed by atoms with E-state index in [1.165, 1.54) is 7.11 Å². The molecule has 0 heterocycles. The van der Waals surface area contributed by atoms with E-state index < -0.39 is 16.0 Å². The molecule has 0 saturated heterocycles. The van der Waals surface area contributed by atoms with Gasteiger partial charge in [0.25, 0.3) is 0 Å². The topological polar surface area (TPSA) is 81.7 Å². The molecule has 0 aliphatic carbocycles. The summed E-state index contributed by atoms with van der Waals surface area (Å²) in [6.07, 6.45) is 0.588. The fourth-order valence-corrected chi connectivity index (χ4v) is 3.41. The van der Waals surface area contributed by atoms with Crippen LogP contribution in [0.4, 0.5) is 0 Å². The summed E-state index contributed by atoms with van der Waals surface area (Å²) in [5.41, 5.74) is 2.01. The number of rotatable bonds is 8. The van der Waals surface area contributed by atoms with Gasteiger partial charge in [0.05, 0.1) is 25.5 Å². The van der Waals surface area contributed by atoms with Gasteiger partial charge < -0.3 is 9.47 Å². The predicted molar refractivity (Wildman–Crippen MR) is 95.1 cm³/mol. The van der Waals surface area contributed by atoms with Gasteiger partial charge in [0.1, 0.15) is 5.75 Å². The average molecular weight is 363 g/mol. The fraction of sp³-hybridized carbons (Fsp3) is 0.278. The highest BCUT2D eigenvalue weighted by Crippen LogP contribution is 2.12. The Morgan fingerprint density at radius 3 is 2.12 bits per heavy atom. The van der Waals surface area contributed by atoms with E-state index in [0.717, 1.165) is 11.3 Å². The maximum Gasteiger partial charge on any atom is 0.337 e. The number of methoxy groups -OCH3 is 2. The van der Waals surface area contributed by atoms with E-state index >= 15 is 0 Å². The van der Waals surface area contributed by atoms with Crippen molar-refractivity contribution in [2.75, 3.05) is 20.8 Å². The first-order chi connectivity index (χ1) is 11.9. The molecule has 25 heavy (non-hydrogen) atoms. The van der Waals surface area contributed by atoms with E-state index in [1.54, 1.807) is 31.4 Å². The Bertz CT molecular complexity index is 798. The monoisotopic (exact) mass is 363 g/mol. The van der Waals surface area contributed by atoms with E-state index in [1.807, 2.05) is 24.3 Å². The van der Waals surface area contributed by atoms with E-state index in [2.05, 4.69) is 9.46 Å². The summed E-state index contributed by atoms with van der Waals surface area (Å²) in [6.45, 7) is 0.314. The summed E-state index contributed by atoms with van der Waals surface area (Å²) in [5.74, 6) is 0.170.